The lowest BCUT2D eigenvalue weighted by molar-refractivity contribution is 0.398. The van der Waals surface area contributed by atoms with E-state index in [1.54, 1.807) is 0 Å². The van der Waals surface area contributed by atoms with Gasteiger partial charge in [0, 0.05) is 27.2 Å². The van der Waals surface area contributed by atoms with Gasteiger partial charge in [-0.25, -0.2) is 0 Å². The summed E-state index contributed by atoms with van der Waals surface area (Å²) in [6, 6.07) is 0. The third-order valence-corrected chi connectivity index (χ3v) is 2.12. The minimum absolute atomic E-state index is 0.280. The molecule has 1 aliphatic heterocycles. The van der Waals surface area contributed by atoms with Gasteiger partial charge in [-0.2, -0.15) is 0 Å². The minimum atomic E-state index is 0.280. The second kappa shape index (κ2) is 3.00. The fraction of sp³-hybridized carbons (Fsp3) is 0.800. The fourth-order valence-corrected chi connectivity index (χ4v) is 1.43. The summed E-state index contributed by atoms with van der Waals surface area (Å²) in [5.74, 6) is 1.36. The van der Waals surface area contributed by atoms with Crippen LogP contribution in [0.3, 0.4) is 0 Å². The molecule has 2 nitrogen and oxygen atoms in total. The summed E-state index contributed by atoms with van der Waals surface area (Å²) < 4.78 is 0. The van der Waals surface area contributed by atoms with E-state index >= 15 is 0 Å². The van der Waals surface area contributed by atoms with Crippen LogP contribution in [0.15, 0.2) is 11.9 Å². The molecule has 0 radical (unpaired) electrons. The quantitative estimate of drug-likeness (QED) is 0.544. The smallest absolute Gasteiger partial charge is 0.0999 e. The molecule has 1 heterocycles. The van der Waals surface area contributed by atoms with Crippen molar-refractivity contribution in [2.24, 2.45) is 5.41 Å². The highest BCUT2D eigenvalue weighted by atomic mass is 15.4. The lowest BCUT2D eigenvalue weighted by atomic mass is 9.96. The van der Waals surface area contributed by atoms with Crippen molar-refractivity contribution in [3.63, 3.8) is 0 Å². The van der Waals surface area contributed by atoms with Crippen molar-refractivity contribution in [1.29, 1.82) is 0 Å². The second-order valence-electron chi connectivity index (χ2n) is 4.71. The molecular weight excluding hydrogens is 148 g/mol. The van der Waals surface area contributed by atoms with E-state index in [0.29, 0.717) is 0 Å². The predicted octanol–water partition coefficient (Wildman–Crippen LogP) is 1.75. The molecular formula is C10H20N2. The lowest BCUT2D eigenvalue weighted by Crippen LogP contribution is -2.19. The molecule has 0 aromatic heterocycles. The molecule has 1 rings (SSSR count). The van der Waals surface area contributed by atoms with E-state index in [1.165, 1.54) is 5.82 Å². The lowest BCUT2D eigenvalue weighted by Gasteiger charge is -2.22. The van der Waals surface area contributed by atoms with E-state index in [9.17, 15) is 0 Å². The van der Waals surface area contributed by atoms with Crippen molar-refractivity contribution in [2.75, 3.05) is 27.2 Å². The molecule has 2 heteroatoms. The number of nitrogens with zero attached hydrogens (tertiary/aromatic N) is 2. The Morgan fingerprint density at radius 1 is 1.08 bits per heavy atom. The average Bonchev–Trinajstić information content (AvgIpc) is 2.16. The highest BCUT2D eigenvalue weighted by Gasteiger charge is 2.20. The molecule has 0 aliphatic carbocycles. The van der Waals surface area contributed by atoms with Gasteiger partial charge in [0.2, 0.25) is 0 Å². The minimum Gasteiger partial charge on any atom is -0.360 e. The van der Waals surface area contributed by atoms with Gasteiger partial charge in [0.1, 0.15) is 0 Å². The Labute approximate surface area is 75.8 Å². The molecule has 0 aromatic rings. The third kappa shape index (κ3) is 2.16. The van der Waals surface area contributed by atoms with Crippen LogP contribution in [-0.2, 0) is 0 Å². The van der Waals surface area contributed by atoms with Gasteiger partial charge in [0.05, 0.1) is 5.82 Å². The highest BCUT2D eigenvalue weighted by molar-refractivity contribution is 5.07. The van der Waals surface area contributed by atoms with E-state index in [-0.39, 0.29) is 5.41 Å². The molecule has 0 bridgehead atoms. The molecule has 0 spiro atoms. The Morgan fingerprint density at radius 3 is 1.83 bits per heavy atom. The first-order valence-corrected chi connectivity index (χ1v) is 4.55. The fourth-order valence-electron chi connectivity index (χ4n) is 1.43. The predicted molar refractivity (Wildman–Crippen MR) is 52.8 cm³/mol. The van der Waals surface area contributed by atoms with E-state index in [0.717, 1.165) is 13.1 Å². The Hall–Kier alpha value is -0.660. The van der Waals surface area contributed by atoms with E-state index in [4.69, 9.17) is 0 Å². The topological polar surface area (TPSA) is 6.48 Å². The molecule has 0 amide bonds. The van der Waals surface area contributed by atoms with Gasteiger partial charge in [-0.1, -0.05) is 20.8 Å². The maximum atomic E-state index is 2.33. The van der Waals surface area contributed by atoms with Crippen LogP contribution in [0, 0.1) is 5.41 Å². The number of hydrogen-bond donors (Lipinski definition) is 0. The first kappa shape index (κ1) is 9.43. The molecule has 0 atom stereocenters. The largest absolute Gasteiger partial charge is 0.360 e. The number of allylic oxidation sites excluding steroid dienone is 1. The molecule has 0 saturated carbocycles. The van der Waals surface area contributed by atoms with Crippen molar-refractivity contribution >= 4 is 0 Å². The van der Waals surface area contributed by atoms with Crippen LogP contribution in [0.4, 0.5) is 0 Å². The maximum absolute atomic E-state index is 2.33. The normalized spacial score (nSPS) is 18.9. The SMILES string of the molecule is CN1CCN(C)C1=CC(C)(C)C. The first-order valence-electron chi connectivity index (χ1n) is 4.55. The summed E-state index contributed by atoms with van der Waals surface area (Å²) in [6.07, 6.45) is 2.33. The van der Waals surface area contributed by atoms with Crippen LogP contribution in [0.2, 0.25) is 0 Å². The summed E-state index contributed by atoms with van der Waals surface area (Å²) in [5, 5.41) is 0. The van der Waals surface area contributed by atoms with Crippen molar-refractivity contribution < 1.29 is 0 Å². The van der Waals surface area contributed by atoms with Gasteiger partial charge in [-0.05, 0) is 11.5 Å². The summed E-state index contributed by atoms with van der Waals surface area (Å²) >= 11 is 0. The molecule has 0 unspecified atom stereocenters. The molecule has 12 heavy (non-hydrogen) atoms. The Bertz CT molecular complexity index is 177. The third-order valence-electron chi connectivity index (χ3n) is 2.12. The van der Waals surface area contributed by atoms with E-state index in [2.05, 4.69) is 50.7 Å². The average molecular weight is 168 g/mol. The number of hydrogen-bond acceptors (Lipinski definition) is 2. The maximum Gasteiger partial charge on any atom is 0.0999 e. The van der Waals surface area contributed by atoms with Crippen molar-refractivity contribution in [2.45, 2.75) is 20.8 Å². The van der Waals surface area contributed by atoms with Crippen LogP contribution < -0.4 is 0 Å². The zero-order chi connectivity index (χ0) is 9.35. The van der Waals surface area contributed by atoms with E-state index < -0.39 is 0 Å². The van der Waals surface area contributed by atoms with Gasteiger partial charge in [0.25, 0.3) is 0 Å². The number of rotatable bonds is 0. The van der Waals surface area contributed by atoms with Crippen molar-refractivity contribution in [3.05, 3.63) is 11.9 Å². The van der Waals surface area contributed by atoms with Crippen LogP contribution in [0.5, 0.6) is 0 Å². The van der Waals surface area contributed by atoms with Crippen molar-refractivity contribution in [1.82, 2.24) is 9.80 Å². The Balaban J connectivity index is 2.78. The summed E-state index contributed by atoms with van der Waals surface area (Å²) in [5.41, 5.74) is 0.280. The zero-order valence-electron chi connectivity index (χ0n) is 8.89. The zero-order valence-corrected chi connectivity index (χ0v) is 8.89. The van der Waals surface area contributed by atoms with Gasteiger partial charge in [0.15, 0.2) is 0 Å². The monoisotopic (exact) mass is 168 g/mol. The summed E-state index contributed by atoms with van der Waals surface area (Å²) in [4.78, 5) is 4.62. The van der Waals surface area contributed by atoms with Gasteiger partial charge >= 0.3 is 0 Å². The van der Waals surface area contributed by atoms with Crippen molar-refractivity contribution in [3.8, 4) is 0 Å². The van der Waals surface area contributed by atoms with Crippen LogP contribution in [-0.4, -0.2) is 37.0 Å². The Kier molecular flexibility index (Phi) is 2.36. The first-order chi connectivity index (χ1) is 5.40. The molecule has 70 valence electrons. The molecule has 1 saturated heterocycles. The van der Waals surface area contributed by atoms with Crippen LogP contribution in [0.25, 0.3) is 0 Å². The molecule has 1 aliphatic rings. The van der Waals surface area contributed by atoms with Gasteiger partial charge in [-0.15, -0.1) is 0 Å². The summed E-state index contributed by atoms with van der Waals surface area (Å²) in [7, 11) is 4.31. The second-order valence-corrected chi connectivity index (χ2v) is 4.71. The number of likely N-dealkylation sites (N-methyl/N-ethyl adjacent to an activating group) is 2. The standard InChI is InChI=1S/C10H20N2/c1-10(2,3)8-9-11(4)6-7-12(9)5/h8H,6-7H2,1-5H3. The molecule has 1 fully saturated rings. The van der Waals surface area contributed by atoms with Crippen LogP contribution in [0.1, 0.15) is 20.8 Å². The highest BCUT2D eigenvalue weighted by Crippen LogP contribution is 2.22. The molecule has 0 aromatic carbocycles. The Morgan fingerprint density at radius 2 is 1.50 bits per heavy atom. The van der Waals surface area contributed by atoms with Crippen LogP contribution >= 0.6 is 0 Å². The summed E-state index contributed by atoms with van der Waals surface area (Å²) in [6.45, 7) is 9.01. The van der Waals surface area contributed by atoms with E-state index in [1.807, 2.05) is 0 Å². The van der Waals surface area contributed by atoms with Gasteiger partial charge in [-0.3, -0.25) is 0 Å². The van der Waals surface area contributed by atoms with Gasteiger partial charge < -0.3 is 9.80 Å². The molecule has 0 N–H and O–H groups in total.